The van der Waals surface area contributed by atoms with Crippen LogP contribution in [0.3, 0.4) is 0 Å². The van der Waals surface area contributed by atoms with Crippen molar-refractivity contribution in [2.24, 2.45) is 43.6 Å². The second-order valence-corrected chi connectivity index (χ2v) is 31.8. The first kappa shape index (κ1) is 101. The molecule has 0 saturated heterocycles. The van der Waals surface area contributed by atoms with Crippen LogP contribution in [-0.2, 0) is 69.2 Å². The van der Waals surface area contributed by atoms with Gasteiger partial charge in [-0.15, -0.1) is 0 Å². The summed E-state index contributed by atoms with van der Waals surface area (Å²) in [6, 6.07) is 31.2. The number of benzene rings is 4. The number of rotatable bonds is 22. The summed E-state index contributed by atoms with van der Waals surface area (Å²) in [4.78, 5) is 71.8. The summed E-state index contributed by atoms with van der Waals surface area (Å²) in [7, 11) is -4.82. The number of nitrogens with zero attached hydrogens (tertiary/aromatic N) is 5. The number of aldehydes is 1. The van der Waals surface area contributed by atoms with Crippen molar-refractivity contribution in [3.8, 4) is 23.7 Å². The minimum atomic E-state index is -4.82. The molecule has 12 rings (SSSR count). The van der Waals surface area contributed by atoms with Gasteiger partial charge < -0.3 is 39.2 Å². The summed E-state index contributed by atoms with van der Waals surface area (Å²) in [5, 5.41) is 46.6. The molecule has 4 aromatic carbocycles. The van der Waals surface area contributed by atoms with E-state index in [1.165, 1.54) is 90.0 Å². The fraction of sp³-hybridized carbons (Fsp3) is 0.432. The number of aliphatic imine (C=N–C) groups is 4. The predicted molar refractivity (Wildman–Crippen MR) is 466 cm³/mol. The number of fused-ring (bicyclic) bond motifs is 4. The van der Waals surface area contributed by atoms with Crippen molar-refractivity contribution >= 4 is 80.4 Å². The van der Waals surface area contributed by atoms with Gasteiger partial charge in [-0.2, -0.15) is 0 Å². The number of aliphatic hydroxyl groups is 4. The van der Waals surface area contributed by atoms with Crippen molar-refractivity contribution < 1.29 is 101 Å². The van der Waals surface area contributed by atoms with Crippen LogP contribution in [0.5, 0.6) is 0 Å². The van der Waals surface area contributed by atoms with Gasteiger partial charge in [0.15, 0.2) is 6.10 Å². The van der Waals surface area contributed by atoms with Gasteiger partial charge >= 0.3 is 41.5 Å². The van der Waals surface area contributed by atoms with E-state index in [4.69, 9.17) is 29.9 Å². The first-order valence-electron chi connectivity index (χ1n) is 40.1. The first-order valence-corrected chi connectivity index (χ1v) is 41.5. The Hall–Kier alpha value is -9.43. The molecule has 0 radical (unpaired) electrons. The van der Waals surface area contributed by atoms with Gasteiger partial charge in [0.05, 0.1) is 52.6 Å². The molecule has 0 saturated carbocycles. The van der Waals surface area contributed by atoms with E-state index in [1.54, 1.807) is 26.8 Å². The number of allylic oxidation sites excluding steroid dienone is 13. The topological polar surface area (TPSA) is 327 Å². The third-order valence-electron chi connectivity index (χ3n) is 19.4. The molecular formula is C95H118N5NaO16S. The molecule has 0 amide bonds. The summed E-state index contributed by atoms with van der Waals surface area (Å²) < 4.78 is 46.3. The number of nitro groups is 1. The zero-order valence-electron chi connectivity index (χ0n) is 69.3. The van der Waals surface area contributed by atoms with Crippen molar-refractivity contribution in [1.29, 1.82) is 0 Å². The van der Waals surface area contributed by atoms with Gasteiger partial charge in [0.25, 0.3) is 6.47 Å². The van der Waals surface area contributed by atoms with E-state index >= 15 is 0 Å². The number of carbonyl (C=O) groups is 4. The molecule has 0 aromatic heterocycles. The predicted octanol–water partition coefficient (Wildman–Crippen LogP) is 15.0. The van der Waals surface area contributed by atoms with Crippen LogP contribution in [0.1, 0.15) is 195 Å². The van der Waals surface area contributed by atoms with E-state index in [1.807, 2.05) is 122 Å². The monoisotopic (exact) mass is 1640 g/mol. The number of para-hydroxylation sites is 4. The molecule has 4 N–H and O–H groups in total. The summed E-state index contributed by atoms with van der Waals surface area (Å²) in [5.41, 5.74) is 15.3. The summed E-state index contributed by atoms with van der Waals surface area (Å²) in [5.74, 6) is 13.8. The normalized spacial score (nSPS) is 19.5. The van der Waals surface area contributed by atoms with Crippen molar-refractivity contribution in [2.45, 2.75) is 240 Å². The van der Waals surface area contributed by atoms with Gasteiger partial charge in [0.1, 0.15) is 34.0 Å². The number of esters is 2. The summed E-state index contributed by atoms with van der Waals surface area (Å²) >= 11 is 0. The number of hydrogen-bond acceptors (Lipinski definition) is 20. The molecule has 626 valence electrons. The average Bonchev–Trinajstić information content (AvgIpc) is 1.71. The molecule has 11 atom stereocenters. The SMILES string of the molecule is C.CC(O)CCC(CCC(O)S(=O)(=O)[O-])[N+](=O)[O-].CC1CCC=C(/C=C/C(=O)O[C@H](C)/C=C\C2=Nc3ccccc3C2)C1.CC1CCC=C(/C=C/C(=O)O[C@H](C)C#CC2=Nc3ccccc3C2)C1.CC1CCC=C(/C=C/OC=O)C1.CC1CCC=C(C=O)C1.C[C@@H](O)/C=C\C1=Nc2ccccc2C1.C[C@@H](O)C#CC1=Nc2ccccc2C1.[Na+]. The Morgan fingerprint density at radius 3 is 1.31 bits per heavy atom. The average molecular weight is 1640 g/mol. The van der Waals surface area contributed by atoms with Gasteiger partial charge in [-0.25, -0.2) is 28.0 Å². The molecular weight excluding hydrogens is 1520 g/mol. The van der Waals surface area contributed by atoms with Gasteiger partial charge in [-0.05, 0) is 242 Å². The smallest absolute Gasteiger partial charge is 0.746 e. The second kappa shape index (κ2) is 54.6. The maximum atomic E-state index is 12.0. The van der Waals surface area contributed by atoms with Crippen LogP contribution in [0, 0.1) is 57.5 Å². The first-order chi connectivity index (χ1) is 55.5. The second-order valence-electron chi connectivity index (χ2n) is 30.3. The Morgan fingerprint density at radius 2 is 0.924 bits per heavy atom. The van der Waals surface area contributed by atoms with E-state index in [0.717, 1.165) is 146 Å². The number of aliphatic hydroxyl groups excluding tert-OH is 4. The quantitative estimate of drug-likeness (QED) is 0.00543. The van der Waals surface area contributed by atoms with Crippen LogP contribution in [0.15, 0.2) is 225 Å². The standard InChI is InChI=1S/C22H25NO2.C22H23NO2.C12H13NO.C12H11NO.C10H14O2.C8H17NO7S.C8H12O.CH4.Na/c2*1-16-6-5-7-18(14-16)11-13-22(24)25-17(2)10-12-20-15-19-8-3-4-9-21(19)23-20;2*1-9(14)6-7-11-8-10-4-2-3-5-12(10)13-11;1-9-3-2-4-10(7-9)5-6-12-8-11;1-6(10)2-3-7(9(12)13)4-5-8(11)17(14,15)16;1-7-3-2-4-8(5-7)6-9;;/h3-4,7-13,16-17H,5-6,14-15H2,1-2H3;3-4,7-9,11,13,16-17H,5-6,14-15H2,1-2H3;2-7,9,14H,8H2,1H3;2-5,9,14H,8H2,1H3;4-6,8-9H,2-3,7H2,1H3;6-8,10-11H,2-5H2,1H3,(H,14,15,16);4,6-7H,2-3,5H2,1H3;1H4;/q;;;;;;;;+1/p-1/b12-10-,13-11+;13-11+;7-6-;;6-5+;;;;/t2*16?,17-;2*9-;;;;;/m1111...../s1. The van der Waals surface area contributed by atoms with Crippen molar-refractivity contribution in [3.05, 3.63) is 237 Å². The zero-order chi connectivity index (χ0) is 84.4. The van der Waals surface area contributed by atoms with E-state index in [2.05, 4.69) is 119 Å². The number of carbonyl (C=O) groups excluding carboxylic acids is 4. The molecule has 4 aliphatic heterocycles. The molecule has 4 aromatic rings. The third-order valence-corrected chi connectivity index (χ3v) is 20.3. The van der Waals surface area contributed by atoms with Gasteiger partial charge in [0, 0.05) is 67.0 Å². The number of hydrogen-bond donors (Lipinski definition) is 4. The third kappa shape index (κ3) is 40.3. The Kier molecular flexibility index (Phi) is 46.7. The fourth-order valence-corrected chi connectivity index (χ4v) is 13.6. The Balaban J connectivity index is 0.000000296. The van der Waals surface area contributed by atoms with Crippen LogP contribution in [0.4, 0.5) is 22.7 Å². The maximum absolute atomic E-state index is 12.0. The van der Waals surface area contributed by atoms with E-state index in [0.29, 0.717) is 18.3 Å². The van der Waals surface area contributed by atoms with Crippen LogP contribution in [-0.4, -0.2) is 128 Å². The molecule has 4 heterocycles. The van der Waals surface area contributed by atoms with E-state index in [9.17, 15) is 42.3 Å². The fourth-order valence-electron chi connectivity index (χ4n) is 13.1. The maximum Gasteiger partial charge on any atom is 1.00 e. The van der Waals surface area contributed by atoms with Crippen molar-refractivity contribution in [2.75, 3.05) is 0 Å². The number of ether oxygens (including phenoxy) is 3. The molecule has 23 heteroatoms. The van der Waals surface area contributed by atoms with Crippen molar-refractivity contribution in [3.63, 3.8) is 0 Å². The van der Waals surface area contributed by atoms with Crippen LogP contribution < -0.4 is 29.6 Å². The van der Waals surface area contributed by atoms with Crippen LogP contribution >= 0.6 is 0 Å². The molecule has 21 nitrogen and oxygen atoms in total. The van der Waals surface area contributed by atoms with Gasteiger partial charge in [-0.3, -0.25) is 29.7 Å². The molecule has 7 unspecified atom stereocenters. The minimum absolute atomic E-state index is 0. The minimum Gasteiger partial charge on any atom is -0.746 e. The van der Waals surface area contributed by atoms with Crippen LogP contribution in [0.25, 0.3) is 0 Å². The summed E-state index contributed by atoms with van der Waals surface area (Å²) in [6.45, 7) is 17.9. The largest absolute Gasteiger partial charge is 1.00 e. The molecule has 118 heavy (non-hydrogen) atoms. The Labute approximate surface area is 721 Å². The Bertz CT molecular complexity index is 4630. The van der Waals surface area contributed by atoms with Crippen LogP contribution in [0.2, 0.25) is 0 Å². The molecule has 0 fully saturated rings. The molecule has 0 spiro atoms. The van der Waals surface area contributed by atoms with E-state index in [-0.39, 0.29) is 74.3 Å². The zero-order valence-corrected chi connectivity index (χ0v) is 72.1. The molecule has 8 aliphatic rings. The Morgan fingerprint density at radius 1 is 0.534 bits per heavy atom. The molecule has 4 aliphatic carbocycles. The van der Waals surface area contributed by atoms with Gasteiger partial charge in [0.2, 0.25) is 6.04 Å². The summed E-state index contributed by atoms with van der Waals surface area (Å²) in [6.07, 6.45) is 41.2. The van der Waals surface area contributed by atoms with Crippen molar-refractivity contribution in [1.82, 2.24) is 0 Å². The molecule has 0 bridgehead atoms. The van der Waals surface area contributed by atoms with E-state index < -0.39 is 57.4 Å². The van der Waals surface area contributed by atoms with Gasteiger partial charge in [-0.1, -0.05) is 173 Å².